The Hall–Kier alpha value is -1.00. The largest absolute Gasteiger partial charge is 0.462 e. The second-order valence-electron chi connectivity index (χ2n) is 3.57. The second-order valence-corrected chi connectivity index (χ2v) is 4.64. The predicted octanol–water partition coefficient (Wildman–Crippen LogP) is 4.51. The van der Waals surface area contributed by atoms with Crippen molar-refractivity contribution in [1.82, 2.24) is 0 Å². The molecule has 0 amide bonds. The van der Waals surface area contributed by atoms with E-state index in [0.29, 0.717) is 6.07 Å². The summed E-state index contributed by atoms with van der Waals surface area (Å²) in [4.78, 5) is 11.4. The van der Waals surface area contributed by atoms with Crippen molar-refractivity contribution < 1.29 is 35.9 Å². The maximum Gasteiger partial charge on any atom is 0.418 e. The van der Waals surface area contributed by atoms with Crippen LogP contribution in [0, 0.1) is 3.57 Å². The second kappa shape index (κ2) is 5.78. The molecule has 0 aliphatic carbocycles. The van der Waals surface area contributed by atoms with Crippen LogP contribution >= 0.6 is 22.6 Å². The van der Waals surface area contributed by atoms with Crippen molar-refractivity contribution in [2.75, 3.05) is 6.61 Å². The van der Waals surface area contributed by atoms with Gasteiger partial charge in [-0.15, -0.1) is 0 Å². The molecule has 0 fully saturated rings. The van der Waals surface area contributed by atoms with Crippen LogP contribution in [0.2, 0.25) is 0 Å². The first-order valence-electron chi connectivity index (χ1n) is 5.14. The zero-order valence-electron chi connectivity index (χ0n) is 9.82. The number of hydrogen-bond acceptors (Lipinski definition) is 2. The minimum atomic E-state index is -5.23. The zero-order chi connectivity index (χ0) is 15.7. The Kier molecular flexibility index (Phi) is 4.93. The van der Waals surface area contributed by atoms with E-state index >= 15 is 0 Å². The van der Waals surface area contributed by atoms with E-state index in [1.54, 1.807) is 0 Å². The van der Waals surface area contributed by atoms with Crippen molar-refractivity contribution in [3.05, 3.63) is 32.4 Å². The molecule has 0 bridgehead atoms. The lowest BCUT2D eigenvalue weighted by molar-refractivity contribution is -0.162. The van der Waals surface area contributed by atoms with Crippen LogP contribution in [0.25, 0.3) is 0 Å². The molecule has 9 heteroatoms. The number of hydrogen-bond donors (Lipinski definition) is 0. The molecule has 0 aromatic heterocycles. The number of alkyl halides is 6. The Morgan fingerprint density at radius 1 is 1.15 bits per heavy atom. The van der Waals surface area contributed by atoms with Crippen LogP contribution in [0.5, 0.6) is 0 Å². The van der Waals surface area contributed by atoms with E-state index in [-0.39, 0.29) is 12.7 Å². The number of esters is 1. The van der Waals surface area contributed by atoms with Gasteiger partial charge in [-0.05, 0) is 41.6 Å². The Morgan fingerprint density at radius 2 is 1.70 bits per heavy atom. The van der Waals surface area contributed by atoms with Gasteiger partial charge in [-0.25, -0.2) is 4.79 Å². The van der Waals surface area contributed by atoms with Gasteiger partial charge in [-0.2, -0.15) is 26.3 Å². The number of benzene rings is 1. The first kappa shape index (κ1) is 17.1. The van der Waals surface area contributed by atoms with Gasteiger partial charge < -0.3 is 4.74 Å². The summed E-state index contributed by atoms with van der Waals surface area (Å²) in [7, 11) is 0. The van der Waals surface area contributed by atoms with Crippen LogP contribution in [0.4, 0.5) is 26.3 Å². The van der Waals surface area contributed by atoms with Crippen molar-refractivity contribution in [1.29, 1.82) is 0 Å². The molecule has 0 spiro atoms. The molecule has 0 saturated heterocycles. The van der Waals surface area contributed by atoms with E-state index in [9.17, 15) is 31.1 Å². The van der Waals surface area contributed by atoms with Crippen molar-refractivity contribution in [3.63, 3.8) is 0 Å². The molecular formula is C11H7F6IO2. The topological polar surface area (TPSA) is 26.3 Å². The molecule has 0 heterocycles. The first-order chi connectivity index (χ1) is 9.00. The molecular weight excluding hydrogens is 405 g/mol. The van der Waals surface area contributed by atoms with E-state index in [1.165, 1.54) is 6.92 Å². The first-order valence-corrected chi connectivity index (χ1v) is 6.22. The van der Waals surface area contributed by atoms with Crippen LogP contribution in [0.1, 0.15) is 28.4 Å². The quantitative estimate of drug-likeness (QED) is 0.406. The third-order valence-electron chi connectivity index (χ3n) is 2.23. The SMILES string of the molecule is CCOC(=O)c1ccc(C(F)(F)F)c(C(F)(F)F)c1I. The Labute approximate surface area is 123 Å². The highest BCUT2D eigenvalue weighted by Gasteiger charge is 2.45. The van der Waals surface area contributed by atoms with Crippen molar-refractivity contribution in [2.45, 2.75) is 19.3 Å². The minimum absolute atomic E-state index is 0.0999. The highest BCUT2D eigenvalue weighted by Crippen LogP contribution is 2.43. The van der Waals surface area contributed by atoms with Gasteiger partial charge in [0.15, 0.2) is 0 Å². The van der Waals surface area contributed by atoms with Gasteiger partial charge in [0.05, 0.1) is 23.3 Å². The van der Waals surface area contributed by atoms with Gasteiger partial charge in [-0.1, -0.05) is 0 Å². The highest BCUT2D eigenvalue weighted by atomic mass is 127. The van der Waals surface area contributed by atoms with E-state index in [2.05, 4.69) is 4.74 Å². The molecule has 1 rings (SSSR count). The normalized spacial score (nSPS) is 12.4. The minimum Gasteiger partial charge on any atom is -0.462 e. The Morgan fingerprint density at radius 3 is 2.10 bits per heavy atom. The van der Waals surface area contributed by atoms with Crippen LogP contribution in [0.15, 0.2) is 12.1 Å². The number of carbonyl (C=O) groups excluding carboxylic acids is 1. The lowest BCUT2D eigenvalue weighted by atomic mass is 10.0. The molecule has 2 nitrogen and oxygen atoms in total. The summed E-state index contributed by atoms with van der Waals surface area (Å²) in [6.07, 6.45) is -10.4. The molecule has 0 atom stereocenters. The van der Waals surface area contributed by atoms with E-state index in [4.69, 9.17) is 0 Å². The maximum atomic E-state index is 12.8. The van der Waals surface area contributed by atoms with Gasteiger partial charge in [0.2, 0.25) is 0 Å². The van der Waals surface area contributed by atoms with Gasteiger partial charge in [-0.3, -0.25) is 0 Å². The molecule has 0 radical (unpaired) electrons. The number of carbonyl (C=O) groups is 1. The summed E-state index contributed by atoms with van der Waals surface area (Å²) < 4.78 is 80.0. The summed E-state index contributed by atoms with van der Waals surface area (Å²) in [6.45, 7) is 1.33. The summed E-state index contributed by atoms with van der Waals surface area (Å²) >= 11 is 1.07. The number of halogens is 7. The average Bonchev–Trinajstić information content (AvgIpc) is 2.25. The lowest BCUT2D eigenvalue weighted by Gasteiger charge is -2.18. The van der Waals surface area contributed by atoms with Crippen LogP contribution in [-0.2, 0) is 17.1 Å². The average molecular weight is 412 g/mol. The van der Waals surface area contributed by atoms with Crippen LogP contribution in [0.3, 0.4) is 0 Å². The van der Waals surface area contributed by atoms with Gasteiger partial charge in [0.1, 0.15) is 0 Å². The number of ether oxygens (including phenoxy) is 1. The van der Waals surface area contributed by atoms with Crippen molar-refractivity contribution in [3.8, 4) is 0 Å². The van der Waals surface area contributed by atoms with Gasteiger partial charge in [0, 0.05) is 3.57 Å². The smallest absolute Gasteiger partial charge is 0.418 e. The standard InChI is InChI=1S/C11H7F6IO2/c1-2-20-9(19)5-3-4-6(10(12,13)14)7(8(5)18)11(15,16)17/h3-4H,2H2,1H3. The molecule has 0 aliphatic heterocycles. The fraction of sp³-hybridized carbons (Fsp3) is 0.364. The lowest BCUT2D eigenvalue weighted by Crippen LogP contribution is -2.21. The molecule has 0 N–H and O–H groups in total. The third kappa shape index (κ3) is 3.55. The molecule has 1 aromatic carbocycles. The zero-order valence-corrected chi connectivity index (χ0v) is 12.0. The third-order valence-corrected chi connectivity index (χ3v) is 3.35. The maximum absolute atomic E-state index is 12.8. The van der Waals surface area contributed by atoms with Crippen molar-refractivity contribution in [2.24, 2.45) is 0 Å². The Balaban J connectivity index is 3.56. The molecule has 1 aromatic rings. The van der Waals surface area contributed by atoms with E-state index in [0.717, 1.165) is 22.6 Å². The predicted molar refractivity (Wildman–Crippen MR) is 65.1 cm³/mol. The molecule has 20 heavy (non-hydrogen) atoms. The molecule has 0 unspecified atom stereocenters. The van der Waals surface area contributed by atoms with Crippen LogP contribution in [-0.4, -0.2) is 12.6 Å². The summed E-state index contributed by atoms with van der Waals surface area (Å²) in [6, 6.07) is 0.912. The van der Waals surface area contributed by atoms with Crippen molar-refractivity contribution >= 4 is 28.6 Å². The Bertz CT molecular complexity index is 521. The molecule has 112 valence electrons. The highest BCUT2D eigenvalue weighted by molar-refractivity contribution is 14.1. The monoisotopic (exact) mass is 412 g/mol. The number of rotatable bonds is 2. The fourth-order valence-corrected chi connectivity index (χ4v) is 2.45. The van der Waals surface area contributed by atoms with E-state index < -0.39 is 38.6 Å². The van der Waals surface area contributed by atoms with E-state index in [1.807, 2.05) is 0 Å². The van der Waals surface area contributed by atoms with Gasteiger partial charge >= 0.3 is 18.3 Å². The summed E-state index contributed by atoms with van der Waals surface area (Å²) in [5.41, 5.74) is -4.26. The molecule has 0 saturated carbocycles. The summed E-state index contributed by atoms with van der Waals surface area (Å²) in [5.74, 6) is -1.10. The van der Waals surface area contributed by atoms with Crippen LogP contribution < -0.4 is 0 Å². The van der Waals surface area contributed by atoms with Gasteiger partial charge in [0.25, 0.3) is 0 Å². The fourth-order valence-electron chi connectivity index (χ4n) is 1.46. The summed E-state index contributed by atoms with van der Waals surface area (Å²) in [5, 5.41) is 0. The molecule has 0 aliphatic rings.